The molecule has 1 aromatic rings. The van der Waals surface area contributed by atoms with E-state index in [2.05, 4.69) is 10.0 Å². The molecule has 0 unspecified atom stereocenters. The van der Waals surface area contributed by atoms with Gasteiger partial charge in [0.25, 0.3) is 5.91 Å². The van der Waals surface area contributed by atoms with Crippen LogP contribution in [0.5, 0.6) is 0 Å². The van der Waals surface area contributed by atoms with Crippen LogP contribution in [0.25, 0.3) is 0 Å². The molecule has 6 nitrogen and oxygen atoms in total. The van der Waals surface area contributed by atoms with Crippen molar-refractivity contribution < 1.29 is 26.4 Å². The third-order valence-electron chi connectivity index (χ3n) is 3.50. The molecule has 1 aliphatic heterocycles. The van der Waals surface area contributed by atoms with E-state index in [1.807, 2.05) is 6.08 Å². The normalized spacial score (nSPS) is 15.0. The second kappa shape index (κ2) is 9.36. The van der Waals surface area contributed by atoms with Crippen LogP contribution >= 0.6 is 12.4 Å². The van der Waals surface area contributed by atoms with Gasteiger partial charge in [0.15, 0.2) is 0 Å². The maximum Gasteiger partial charge on any atom is 0.405 e. The summed E-state index contributed by atoms with van der Waals surface area (Å²) in [6.07, 6.45) is -1.92. The Morgan fingerprint density at radius 3 is 2.62 bits per heavy atom. The number of carbonyl (C=O) groups excluding carboxylic acids is 1. The van der Waals surface area contributed by atoms with Crippen molar-refractivity contribution in [2.75, 3.05) is 26.2 Å². The SMILES string of the molecule is Cl.O=C(NCC(F)(F)F)c1cccc(S(=O)(=O)NCC2=CCNCC2)c1. The Bertz CT molecular complexity index is 767. The van der Waals surface area contributed by atoms with Crippen molar-refractivity contribution in [2.24, 2.45) is 0 Å². The van der Waals surface area contributed by atoms with E-state index in [1.165, 1.54) is 18.2 Å². The van der Waals surface area contributed by atoms with Gasteiger partial charge in [-0.25, -0.2) is 13.1 Å². The van der Waals surface area contributed by atoms with Crippen LogP contribution in [0.2, 0.25) is 0 Å². The van der Waals surface area contributed by atoms with Gasteiger partial charge in [0.05, 0.1) is 4.90 Å². The summed E-state index contributed by atoms with van der Waals surface area (Å²) in [5.74, 6) is -0.990. The third-order valence-corrected chi connectivity index (χ3v) is 4.90. The molecule has 1 heterocycles. The second-order valence-corrected chi connectivity index (χ2v) is 7.23. The Kier molecular flexibility index (Phi) is 8.07. The predicted octanol–water partition coefficient (Wildman–Crippen LogP) is 1.60. The molecule has 0 aliphatic carbocycles. The van der Waals surface area contributed by atoms with Crippen LogP contribution in [-0.4, -0.2) is 46.7 Å². The highest BCUT2D eigenvalue weighted by atomic mass is 35.5. The molecule has 1 aromatic carbocycles. The van der Waals surface area contributed by atoms with Crippen molar-refractivity contribution in [2.45, 2.75) is 17.5 Å². The average molecular weight is 414 g/mol. The van der Waals surface area contributed by atoms with Gasteiger partial charge in [0.1, 0.15) is 6.54 Å². The molecule has 3 N–H and O–H groups in total. The zero-order chi connectivity index (χ0) is 18.5. The van der Waals surface area contributed by atoms with Gasteiger partial charge in [-0.1, -0.05) is 17.7 Å². The van der Waals surface area contributed by atoms with Crippen LogP contribution < -0.4 is 15.4 Å². The Balaban J connectivity index is 0.00000338. The van der Waals surface area contributed by atoms with Crippen molar-refractivity contribution in [3.8, 4) is 0 Å². The quantitative estimate of drug-likeness (QED) is 0.618. The first kappa shape index (κ1) is 22.4. The van der Waals surface area contributed by atoms with E-state index in [9.17, 15) is 26.4 Å². The molecular formula is C15H19ClF3N3O3S. The number of benzene rings is 1. The van der Waals surface area contributed by atoms with Gasteiger partial charge < -0.3 is 10.6 Å². The first-order valence-electron chi connectivity index (χ1n) is 7.51. The molecule has 0 bridgehead atoms. The molecule has 0 spiro atoms. The Morgan fingerprint density at radius 2 is 2.00 bits per heavy atom. The Hall–Kier alpha value is -1.62. The van der Waals surface area contributed by atoms with E-state index in [1.54, 1.807) is 5.32 Å². The van der Waals surface area contributed by atoms with Crippen LogP contribution in [0.4, 0.5) is 13.2 Å². The van der Waals surface area contributed by atoms with Crippen LogP contribution in [0.3, 0.4) is 0 Å². The summed E-state index contributed by atoms with van der Waals surface area (Å²) >= 11 is 0. The maximum atomic E-state index is 12.3. The van der Waals surface area contributed by atoms with Crippen molar-refractivity contribution in [3.63, 3.8) is 0 Å². The number of hydrogen-bond acceptors (Lipinski definition) is 4. The average Bonchev–Trinajstić information content (AvgIpc) is 2.58. The van der Waals surface area contributed by atoms with Crippen LogP contribution in [0, 0.1) is 0 Å². The van der Waals surface area contributed by atoms with Gasteiger partial charge in [0.2, 0.25) is 10.0 Å². The van der Waals surface area contributed by atoms with E-state index < -0.39 is 28.7 Å². The molecule has 0 aromatic heterocycles. The van der Waals surface area contributed by atoms with Gasteiger partial charge in [-0.05, 0) is 31.2 Å². The van der Waals surface area contributed by atoms with Gasteiger partial charge in [0, 0.05) is 18.7 Å². The maximum absolute atomic E-state index is 12.3. The van der Waals surface area contributed by atoms with Crippen molar-refractivity contribution in [3.05, 3.63) is 41.5 Å². The Labute approximate surface area is 155 Å². The fraction of sp³-hybridized carbons (Fsp3) is 0.400. The van der Waals surface area contributed by atoms with Crippen molar-refractivity contribution in [1.82, 2.24) is 15.4 Å². The fourth-order valence-corrected chi connectivity index (χ4v) is 3.27. The van der Waals surface area contributed by atoms with Crippen molar-refractivity contribution in [1.29, 1.82) is 0 Å². The van der Waals surface area contributed by atoms with Crippen LogP contribution in [-0.2, 0) is 10.0 Å². The zero-order valence-corrected chi connectivity index (χ0v) is 15.2. The molecule has 0 saturated carbocycles. The van der Waals surface area contributed by atoms with Crippen LogP contribution in [0.15, 0.2) is 40.8 Å². The molecule has 146 valence electrons. The predicted molar refractivity (Wildman–Crippen MR) is 92.8 cm³/mol. The summed E-state index contributed by atoms with van der Waals surface area (Å²) in [6.45, 7) is 0.103. The van der Waals surface area contributed by atoms with Crippen LogP contribution in [0.1, 0.15) is 16.8 Å². The number of alkyl halides is 3. The Morgan fingerprint density at radius 1 is 1.27 bits per heavy atom. The van der Waals surface area contributed by atoms with Gasteiger partial charge >= 0.3 is 6.18 Å². The molecule has 0 atom stereocenters. The summed E-state index contributed by atoms with van der Waals surface area (Å²) in [5, 5.41) is 4.81. The highest BCUT2D eigenvalue weighted by Gasteiger charge is 2.28. The lowest BCUT2D eigenvalue weighted by Crippen LogP contribution is -2.34. The highest BCUT2D eigenvalue weighted by Crippen LogP contribution is 2.15. The molecule has 2 rings (SSSR count). The summed E-state index contributed by atoms with van der Waals surface area (Å²) in [7, 11) is -3.87. The van der Waals surface area contributed by atoms with E-state index in [0.29, 0.717) is 6.54 Å². The molecule has 26 heavy (non-hydrogen) atoms. The third kappa shape index (κ3) is 6.94. The fourth-order valence-electron chi connectivity index (χ4n) is 2.19. The smallest absolute Gasteiger partial charge is 0.343 e. The molecule has 0 saturated heterocycles. The molecule has 1 aliphatic rings. The molecular weight excluding hydrogens is 395 g/mol. The number of hydrogen-bond donors (Lipinski definition) is 3. The molecule has 0 fully saturated rings. The molecule has 0 radical (unpaired) electrons. The summed E-state index contributed by atoms with van der Waals surface area (Å²) in [4.78, 5) is 11.6. The van der Waals surface area contributed by atoms with E-state index in [4.69, 9.17) is 0 Å². The standard InChI is InChI=1S/C15H18F3N3O3S.ClH/c16-15(17,18)10-20-14(22)12-2-1-3-13(8-12)25(23,24)21-9-11-4-6-19-7-5-11;/h1-4,8,19,21H,5-7,9-10H2,(H,20,22);1H. The number of carbonyl (C=O) groups is 1. The lowest BCUT2D eigenvalue weighted by atomic mass is 10.1. The molecule has 11 heteroatoms. The second-order valence-electron chi connectivity index (χ2n) is 5.47. The number of halogens is 4. The minimum absolute atomic E-state index is 0. The topological polar surface area (TPSA) is 87.3 Å². The summed E-state index contributed by atoms with van der Waals surface area (Å²) in [5.41, 5.74) is 0.787. The lowest BCUT2D eigenvalue weighted by Gasteiger charge is -2.15. The number of nitrogens with one attached hydrogen (secondary N) is 3. The van der Waals surface area contributed by atoms with E-state index in [0.717, 1.165) is 24.6 Å². The number of sulfonamides is 1. The monoisotopic (exact) mass is 413 g/mol. The van der Waals surface area contributed by atoms with E-state index in [-0.39, 0.29) is 29.4 Å². The lowest BCUT2D eigenvalue weighted by molar-refractivity contribution is -0.123. The first-order valence-corrected chi connectivity index (χ1v) is 8.99. The number of rotatable bonds is 6. The minimum Gasteiger partial charge on any atom is -0.343 e. The highest BCUT2D eigenvalue weighted by molar-refractivity contribution is 7.89. The van der Waals surface area contributed by atoms with Gasteiger partial charge in [-0.3, -0.25) is 4.79 Å². The largest absolute Gasteiger partial charge is 0.405 e. The first-order chi connectivity index (χ1) is 11.7. The summed E-state index contributed by atoms with van der Waals surface area (Å²) in [6, 6.07) is 4.88. The molecule has 1 amide bonds. The van der Waals surface area contributed by atoms with E-state index >= 15 is 0 Å². The zero-order valence-electron chi connectivity index (χ0n) is 13.6. The summed E-state index contributed by atoms with van der Waals surface area (Å²) < 4.78 is 63.5. The van der Waals surface area contributed by atoms with Gasteiger partial charge in [-0.2, -0.15) is 13.2 Å². The minimum atomic E-state index is -4.54. The van der Waals surface area contributed by atoms with Crippen molar-refractivity contribution >= 4 is 28.3 Å². The number of amides is 1. The van der Waals surface area contributed by atoms with Gasteiger partial charge in [-0.15, -0.1) is 12.4 Å².